The highest BCUT2D eigenvalue weighted by atomic mass is 16.5. The molecular weight excluding hydrogens is 282 g/mol. The first-order valence-electron chi connectivity index (χ1n) is 9.66. The average Bonchev–Trinajstić information content (AvgIpc) is 2.59. The van der Waals surface area contributed by atoms with Crippen LogP contribution in [0.25, 0.3) is 0 Å². The number of rotatable bonds is 7. The van der Waals surface area contributed by atoms with E-state index in [1.807, 2.05) is 18.2 Å². The molecule has 0 aromatic heterocycles. The zero-order chi connectivity index (χ0) is 16.3. The second-order valence-corrected chi connectivity index (χ2v) is 7.42. The van der Waals surface area contributed by atoms with E-state index in [0.717, 1.165) is 18.4 Å². The predicted octanol–water partition coefficient (Wildman–Crippen LogP) is 5.80. The smallest absolute Gasteiger partial charge is 0.0912 e. The molecule has 23 heavy (non-hydrogen) atoms. The summed E-state index contributed by atoms with van der Waals surface area (Å²) < 4.78 is 6.23. The van der Waals surface area contributed by atoms with Crippen molar-refractivity contribution in [1.29, 1.82) is 5.26 Å². The molecule has 0 aromatic carbocycles. The normalized spacial score (nSPS) is 32.3. The van der Waals surface area contributed by atoms with Crippen LogP contribution >= 0.6 is 0 Å². The van der Waals surface area contributed by atoms with Gasteiger partial charge in [-0.05, 0) is 56.3 Å². The molecule has 0 spiro atoms. The number of hydrogen-bond donors (Lipinski definition) is 0. The summed E-state index contributed by atoms with van der Waals surface area (Å²) in [5.41, 5.74) is 0. The van der Waals surface area contributed by atoms with Gasteiger partial charge in [0.15, 0.2) is 0 Å². The highest BCUT2D eigenvalue weighted by molar-refractivity contribution is 5.12. The van der Waals surface area contributed by atoms with Crippen molar-refractivity contribution in [2.24, 2.45) is 17.8 Å². The van der Waals surface area contributed by atoms with Crippen LogP contribution in [0.15, 0.2) is 24.3 Å². The maximum Gasteiger partial charge on any atom is 0.0912 e. The Hall–Kier alpha value is -1.07. The summed E-state index contributed by atoms with van der Waals surface area (Å²) in [4.78, 5) is 0. The number of hydrogen-bond acceptors (Lipinski definition) is 2. The Labute approximate surface area is 142 Å². The minimum absolute atomic E-state index is 0.489. The van der Waals surface area contributed by atoms with E-state index in [2.05, 4.69) is 13.0 Å². The van der Waals surface area contributed by atoms with Crippen molar-refractivity contribution in [2.75, 3.05) is 6.61 Å². The Morgan fingerprint density at radius 3 is 2.30 bits per heavy atom. The van der Waals surface area contributed by atoms with Gasteiger partial charge in [-0.2, -0.15) is 5.26 Å². The van der Waals surface area contributed by atoms with E-state index in [1.54, 1.807) is 0 Å². The Bertz CT molecular complexity index is 404. The van der Waals surface area contributed by atoms with Crippen LogP contribution in [-0.2, 0) is 4.74 Å². The van der Waals surface area contributed by atoms with Crippen LogP contribution < -0.4 is 0 Å². The lowest BCUT2D eigenvalue weighted by atomic mass is 9.80. The molecule has 0 bridgehead atoms. The van der Waals surface area contributed by atoms with Gasteiger partial charge in [-0.25, -0.2) is 0 Å². The molecule has 0 atom stereocenters. The van der Waals surface area contributed by atoms with Gasteiger partial charge < -0.3 is 4.74 Å². The quantitative estimate of drug-likeness (QED) is 0.439. The summed E-state index contributed by atoms with van der Waals surface area (Å²) >= 11 is 0. The highest BCUT2D eigenvalue weighted by Gasteiger charge is 2.24. The lowest BCUT2D eigenvalue weighted by Crippen LogP contribution is -2.25. The van der Waals surface area contributed by atoms with E-state index >= 15 is 0 Å². The van der Waals surface area contributed by atoms with Gasteiger partial charge in [0.05, 0.1) is 12.2 Å². The van der Waals surface area contributed by atoms with Crippen molar-refractivity contribution in [2.45, 2.75) is 77.2 Å². The molecule has 2 saturated carbocycles. The van der Waals surface area contributed by atoms with Gasteiger partial charge in [0.25, 0.3) is 0 Å². The highest BCUT2D eigenvalue weighted by Crippen LogP contribution is 2.33. The zero-order valence-corrected chi connectivity index (χ0v) is 14.8. The largest absolute Gasteiger partial charge is 0.378 e. The lowest BCUT2D eigenvalue weighted by Gasteiger charge is -2.31. The fourth-order valence-electron chi connectivity index (χ4n) is 4.13. The van der Waals surface area contributed by atoms with E-state index in [4.69, 9.17) is 10.00 Å². The van der Waals surface area contributed by atoms with Crippen LogP contribution in [0.5, 0.6) is 0 Å². The molecule has 128 valence electrons. The van der Waals surface area contributed by atoms with Crippen molar-refractivity contribution in [3.8, 4) is 6.07 Å². The third kappa shape index (κ3) is 6.92. The van der Waals surface area contributed by atoms with E-state index in [0.29, 0.717) is 12.0 Å². The molecule has 0 saturated heterocycles. The van der Waals surface area contributed by atoms with Gasteiger partial charge in [0.2, 0.25) is 0 Å². The van der Waals surface area contributed by atoms with E-state index in [9.17, 15) is 0 Å². The summed E-state index contributed by atoms with van der Waals surface area (Å²) in [6.07, 6.45) is 21.3. The minimum atomic E-state index is 0.489. The second kappa shape index (κ2) is 10.7. The summed E-state index contributed by atoms with van der Waals surface area (Å²) in [5.74, 6) is 2.48. The van der Waals surface area contributed by atoms with E-state index in [1.165, 1.54) is 70.3 Å². The molecule has 2 fully saturated rings. The van der Waals surface area contributed by atoms with Crippen molar-refractivity contribution in [3.63, 3.8) is 0 Å². The van der Waals surface area contributed by atoms with Gasteiger partial charge in [-0.1, -0.05) is 50.8 Å². The first kappa shape index (κ1) is 18.3. The second-order valence-electron chi connectivity index (χ2n) is 7.42. The molecule has 2 rings (SSSR count). The molecule has 2 aliphatic carbocycles. The minimum Gasteiger partial charge on any atom is -0.378 e. The van der Waals surface area contributed by atoms with Crippen molar-refractivity contribution in [3.05, 3.63) is 24.3 Å². The van der Waals surface area contributed by atoms with Gasteiger partial charge in [0, 0.05) is 12.7 Å². The van der Waals surface area contributed by atoms with Crippen molar-refractivity contribution < 1.29 is 4.74 Å². The molecule has 0 heterocycles. The average molecular weight is 316 g/mol. The lowest BCUT2D eigenvalue weighted by molar-refractivity contribution is -0.00659. The molecular formula is C21H33NO. The van der Waals surface area contributed by atoms with Crippen molar-refractivity contribution in [1.82, 2.24) is 0 Å². The summed E-state index contributed by atoms with van der Waals surface area (Å²) in [7, 11) is 0. The fraction of sp³-hybridized carbons (Fsp3) is 0.762. The number of nitriles is 1. The molecule has 0 N–H and O–H groups in total. The van der Waals surface area contributed by atoms with Gasteiger partial charge in [-0.15, -0.1) is 0 Å². The van der Waals surface area contributed by atoms with Gasteiger partial charge in [0.1, 0.15) is 0 Å². The molecule has 0 radical (unpaired) electrons. The molecule has 0 amide bonds. The third-order valence-corrected chi connectivity index (χ3v) is 5.61. The number of ether oxygens (including phenoxy) is 1. The van der Waals surface area contributed by atoms with Crippen LogP contribution in [0.3, 0.4) is 0 Å². The predicted molar refractivity (Wildman–Crippen MR) is 95.9 cm³/mol. The Balaban J connectivity index is 1.57. The summed E-state index contributed by atoms with van der Waals surface area (Å²) in [6.45, 7) is 3.30. The monoisotopic (exact) mass is 315 g/mol. The Morgan fingerprint density at radius 2 is 1.65 bits per heavy atom. The summed E-state index contributed by atoms with van der Waals surface area (Å²) in [6, 6.07) is 2.02. The van der Waals surface area contributed by atoms with Gasteiger partial charge >= 0.3 is 0 Å². The molecule has 2 heteroatoms. The maximum absolute atomic E-state index is 8.46. The van der Waals surface area contributed by atoms with E-state index in [-0.39, 0.29) is 0 Å². The Morgan fingerprint density at radius 1 is 0.957 bits per heavy atom. The van der Waals surface area contributed by atoms with Crippen LogP contribution in [0.2, 0.25) is 0 Å². The molecule has 2 aliphatic rings. The molecule has 2 nitrogen and oxygen atoms in total. The standard InChI is InChI=1S/C21H33NO/c1-2-6-18-8-10-20(11-9-18)17-23-21-14-12-19(13-15-21)7-4-3-5-16-22/h3-5,7,18-21H,2,6,8-15,17H2,1H3/t18-,19?,20-,21?. The van der Waals surface area contributed by atoms with Crippen LogP contribution in [-0.4, -0.2) is 12.7 Å². The fourth-order valence-corrected chi connectivity index (χ4v) is 4.13. The maximum atomic E-state index is 8.46. The van der Waals surface area contributed by atoms with Crippen molar-refractivity contribution >= 4 is 0 Å². The van der Waals surface area contributed by atoms with Gasteiger partial charge in [-0.3, -0.25) is 0 Å². The van der Waals surface area contributed by atoms with Crippen LogP contribution in [0.4, 0.5) is 0 Å². The molecule has 0 unspecified atom stereocenters. The number of nitrogens with zero attached hydrogens (tertiary/aromatic N) is 1. The molecule has 0 aliphatic heterocycles. The van der Waals surface area contributed by atoms with Crippen LogP contribution in [0.1, 0.15) is 71.1 Å². The summed E-state index contributed by atoms with van der Waals surface area (Å²) in [5, 5.41) is 8.46. The van der Waals surface area contributed by atoms with E-state index < -0.39 is 0 Å². The molecule has 0 aromatic rings. The topological polar surface area (TPSA) is 33.0 Å². The zero-order valence-electron chi connectivity index (χ0n) is 14.8. The first-order chi connectivity index (χ1) is 11.3. The van der Waals surface area contributed by atoms with Crippen LogP contribution in [0, 0.1) is 29.1 Å². The SMILES string of the molecule is CCC[C@H]1CC[C@H](COC2CCC(C=CC=CC#N)CC2)CC1. The number of allylic oxidation sites excluding steroid dienone is 4. The third-order valence-electron chi connectivity index (χ3n) is 5.61. The Kier molecular flexibility index (Phi) is 8.47. The first-order valence-corrected chi connectivity index (χ1v) is 9.66.